The Balaban J connectivity index is 0.878. The van der Waals surface area contributed by atoms with Crippen molar-refractivity contribution in [1.29, 1.82) is 0 Å². The number of imidazole rings is 1. The van der Waals surface area contributed by atoms with E-state index in [0.717, 1.165) is 37.3 Å². The predicted molar refractivity (Wildman–Crippen MR) is 194 cm³/mol. The smallest absolute Gasteiger partial charge is 0.407 e. The number of benzene rings is 3. The van der Waals surface area contributed by atoms with Crippen molar-refractivity contribution in [1.82, 2.24) is 30.2 Å². The van der Waals surface area contributed by atoms with Gasteiger partial charge in [-0.15, -0.1) is 11.3 Å². The summed E-state index contributed by atoms with van der Waals surface area (Å²) < 4.78 is 12.3. The van der Waals surface area contributed by atoms with Gasteiger partial charge in [0.2, 0.25) is 11.8 Å². The largest absolute Gasteiger partial charge is 0.471 e. The lowest BCUT2D eigenvalue weighted by atomic mass is 10.1. The first-order valence-electron chi connectivity index (χ1n) is 15.8. The molecule has 3 aromatic carbocycles. The van der Waals surface area contributed by atoms with Gasteiger partial charge in [-0.1, -0.05) is 60.7 Å². The third-order valence-corrected chi connectivity index (χ3v) is 9.15. The second-order valence-corrected chi connectivity index (χ2v) is 12.7. The molecule has 6 aromatic rings. The van der Waals surface area contributed by atoms with E-state index in [0.29, 0.717) is 41.7 Å². The fourth-order valence-corrected chi connectivity index (χ4v) is 6.42. The summed E-state index contributed by atoms with van der Waals surface area (Å²) in [5.74, 6) is 0.916. The molecule has 0 saturated carbocycles. The topological polar surface area (TPSA) is 164 Å². The molecule has 0 atom stereocenters. The first-order valence-corrected chi connectivity index (χ1v) is 16.6. The number of H-pyrrole nitrogens is 1. The fraction of sp³-hybridized carbons (Fsp3) is 0.167. The molecule has 3 aromatic heterocycles. The van der Waals surface area contributed by atoms with Crippen molar-refractivity contribution in [2.75, 3.05) is 37.9 Å². The molecule has 13 nitrogen and oxygen atoms in total. The number of carbonyl (C=O) groups excluding carboxylic acids is 2. The molecule has 0 unspecified atom stereocenters. The maximum absolute atomic E-state index is 12.9. The Morgan fingerprint density at radius 3 is 2.68 bits per heavy atom. The van der Waals surface area contributed by atoms with Gasteiger partial charge >= 0.3 is 6.09 Å². The summed E-state index contributed by atoms with van der Waals surface area (Å²) in [7, 11) is 3.69. The third kappa shape index (κ3) is 7.10. The number of aromatic amines is 1. The number of hydrogen-bond acceptors (Lipinski definition) is 11. The number of fused-ring (bicyclic) bond motifs is 2. The van der Waals surface area contributed by atoms with Gasteiger partial charge in [0.05, 0.1) is 12.9 Å². The average molecular weight is 688 g/mol. The number of hydrogen-bond donors (Lipinski definition) is 3. The highest BCUT2D eigenvalue weighted by Gasteiger charge is 2.28. The van der Waals surface area contributed by atoms with Crippen LogP contribution < -0.4 is 20.7 Å². The van der Waals surface area contributed by atoms with Crippen LogP contribution in [0.25, 0.3) is 27.3 Å². The number of carbonyl (C=O) groups is 2. The van der Waals surface area contributed by atoms with Gasteiger partial charge in [0.15, 0.2) is 11.2 Å². The number of nitrogens with two attached hydrogens (primary N) is 1. The fourth-order valence-electron chi connectivity index (χ4n) is 5.39. The number of aromatic nitrogens is 4. The van der Waals surface area contributed by atoms with Gasteiger partial charge in [-0.2, -0.15) is 9.97 Å². The van der Waals surface area contributed by atoms with E-state index in [9.17, 15) is 9.59 Å². The van der Waals surface area contributed by atoms with E-state index in [1.54, 1.807) is 23.3 Å². The van der Waals surface area contributed by atoms with Crippen molar-refractivity contribution in [3.05, 3.63) is 112 Å². The molecule has 2 amide bonds. The van der Waals surface area contributed by atoms with Crippen LogP contribution in [0.1, 0.15) is 21.6 Å². The summed E-state index contributed by atoms with van der Waals surface area (Å²) in [5.41, 5.74) is 10.9. The van der Waals surface area contributed by atoms with Crippen molar-refractivity contribution in [3.63, 3.8) is 0 Å². The number of likely N-dealkylation sites (N-methyl/N-ethyl adjacent to an activating group) is 2. The molecule has 252 valence electrons. The Hall–Kier alpha value is -6.28. The molecule has 0 fully saturated rings. The van der Waals surface area contributed by atoms with Crippen LogP contribution in [0.2, 0.25) is 0 Å². The number of alkyl carbamates (subject to hydrolysis) is 1. The summed E-state index contributed by atoms with van der Waals surface area (Å²) in [6.07, 6.45) is 2.86. The van der Waals surface area contributed by atoms with Crippen LogP contribution in [-0.2, 0) is 22.7 Å². The highest BCUT2D eigenvalue weighted by molar-refractivity contribution is 7.19. The number of nitrogen functional groups attached to an aromatic ring is 1. The van der Waals surface area contributed by atoms with E-state index in [2.05, 4.69) is 48.4 Å². The second-order valence-electron chi connectivity index (χ2n) is 11.6. The highest BCUT2D eigenvalue weighted by atomic mass is 32.1. The molecule has 0 saturated heterocycles. The number of amides is 2. The van der Waals surface area contributed by atoms with Crippen molar-refractivity contribution in [3.8, 4) is 5.88 Å². The molecule has 0 bridgehead atoms. The van der Waals surface area contributed by atoms with Gasteiger partial charge in [-0.25, -0.2) is 14.8 Å². The molecule has 0 aliphatic carbocycles. The van der Waals surface area contributed by atoms with Gasteiger partial charge in [-0.05, 0) is 40.8 Å². The number of nitrogens with one attached hydrogen (secondary N) is 2. The Bertz CT molecular complexity index is 2250. The predicted octanol–water partition coefficient (Wildman–Crippen LogP) is 5.35. The van der Waals surface area contributed by atoms with Crippen LogP contribution in [0.5, 0.6) is 5.88 Å². The zero-order valence-electron chi connectivity index (χ0n) is 27.3. The van der Waals surface area contributed by atoms with Crippen molar-refractivity contribution >= 4 is 68.1 Å². The lowest BCUT2D eigenvalue weighted by Gasteiger charge is -2.19. The molecule has 0 spiro atoms. The van der Waals surface area contributed by atoms with Gasteiger partial charge < -0.3 is 30.4 Å². The summed E-state index contributed by atoms with van der Waals surface area (Å²) in [4.78, 5) is 49.8. The minimum atomic E-state index is -0.494. The Kier molecular flexibility index (Phi) is 9.08. The summed E-state index contributed by atoms with van der Waals surface area (Å²) in [6, 6.07) is 25.6. The van der Waals surface area contributed by atoms with Crippen molar-refractivity contribution in [2.24, 2.45) is 4.99 Å². The first kappa shape index (κ1) is 32.3. The highest BCUT2D eigenvalue weighted by Crippen LogP contribution is 2.32. The zero-order chi connectivity index (χ0) is 34.6. The van der Waals surface area contributed by atoms with Gasteiger partial charge in [0.25, 0.3) is 5.91 Å². The number of rotatable bonds is 11. The SMILES string of the molecule is CN1C(=O)/C(=C\c2cc3ccc(N(C)CCOC(=O)NCc4ccc(COc5nc(N)nc6[nH]cnc56)cc4)cc3s2)N=C1c1ccccc1. The van der Waals surface area contributed by atoms with E-state index in [-0.39, 0.29) is 25.1 Å². The monoisotopic (exact) mass is 687 g/mol. The standard InChI is InChI=1S/C36H33N9O4S/c1-44(26-13-12-25-16-27(50-29(25)17-26)18-28-34(46)45(2)32(41-28)24-6-4-3-5-7-24)14-15-48-36(47)38-19-22-8-10-23(11-9-22)20-49-33-30-31(40-21-39-30)42-35(37)43-33/h3-13,16-18,21H,14-15,19-20H2,1-2H3,(H,38,47)(H3,37,39,40,42,43)/b28-18+. The van der Waals surface area contributed by atoms with Gasteiger partial charge in [-0.3, -0.25) is 9.69 Å². The molecule has 0 radical (unpaired) electrons. The van der Waals surface area contributed by atoms with Gasteiger partial charge in [0, 0.05) is 41.5 Å². The van der Waals surface area contributed by atoms with Crippen LogP contribution in [0, 0.1) is 0 Å². The lowest BCUT2D eigenvalue weighted by Crippen LogP contribution is -2.28. The number of amidine groups is 1. The van der Waals surface area contributed by atoms with E-state index in [1.165, 1.54) is 6.33 Å². The number of nitrogens with zero attached hydrogens (tertiary/aromatic N) is 6. The summed E-state index contributed by atoms with van der Waals surface area (Å²) in [6.45, 7) is 1.31. The third-order valence-electron chi connectivity index (χ3n) is 8.10. The number of ether oxygens (including phenoxy) is 2. The van der Waals surface area contributed by atoms with Crippen molar-refractivity contribution in [2.45, 2.75) is 13.2 Å². The van der Waals surface area contributed by atoms with E-state index in [1.807, 2.05) is 78.7 Å². The lowest BCUT2D eigenvalue weighted by molar-refractivity contribution is -0.121. The van der Waals surface area contributed by atoms with Crippen LogP contribution in [0.3, 0.4) is 0 Å². The number of thiophene rings is 1. The van der Waals surface area contributed by atoms with E-state index in [4.69, 9.17) is 15.2 Å². The molecule has 50 heavy (non-hydrogen) atoms. The minimum absolute atomic E-state index is 0.0986. The molecule has 4 heterocycles. The first-order chi connectivity index (χ1) is 24.3. The average Bonchev–Trinajstić information content (AvgIpc) is 3.84. The maximum atomic E-state index is 12.9. The van der Waals surface area contributed by atoms with Crippen LogP contribution >= 0.6 is 11.3 Å². The maximum Gasteiger partial charge on any atom is 0.407 e. The molecular weight excluding hydrogens is 655 g/mol. The number of aliphatic imine (C=N–C) groups is 1. The second kappa shape index (κ2) is 14.1. The Morgan fingerprint density at radius 1 is 1.06 bits per heavy atom. The molecule has 7 rings (SSSR count). The normalized spacial score (nSPS) is 13.6. The van der Waals surface area contributed by atoms with E-state index < -0.39 is 6.09 Å². The molecule has 14 heteroatoms. The van der Waals surface area contributed by atoms with Crippen LogP contribution in [0.4, 0.5) is 16.4 Å². The van der Waals surface area contributed by atoms with Crippen LogP contribution in [0.15, 0.2) is 95.9 Å². The minimum Gasteiger partial charge on any atom is -0.471 e. The number of anilines is 2. The molecule has 1 aliphatic rings. The summed E-state index contributed by atoms with van der Waals surface area (Å²) in [5, 5.41) is 3.87. The zero-order valence-corrected chi connectivity index (χ0v) is 28.1. The van der Waals surface area contributed by atoms with E-state index >= 15 is 0 Å². The molecule has 1 aliphatic heterocycles. The quantitative estimate of drug-likeness (QED) is 0.152. The molecule has 4 N–H and O–H groups in total. The van der Waals surface area contributed by atoms with Gasteiger partial charge in [0.1, 0.15) is 24.7 Å². The van der Waals surface area contributed by atoms with Crippen LogP contribution in [-0.4, -0.2) is 69.9 Å². The Labute approximate surface area is 291 Å². The molecular formula is C36H33N9O4S. The Morgan fingerprint density at radius 2 is 1.86 bits per heavy atom. The summed E-state index contributed by atoms with van der Waals surface area (Å²) >= 11 is 1.59. The van der Waals surface area contributed by atoms with Crippen molar-refractivity contribution < 1.29 is 19.1 Å².